The van der Waals surface area contributed by atoms with E-state index in [4.69, 9.17) is 9.47 Å². The van der Waals surface area contributed by atoms with Crippen LogP contribution >= 0.6 is 11.3 Å². The molecular formula is C20H17NO5S. The van der Waals surface area contributed by atoms with Gasteiger partial charge in [0.05, 0.1) is 28.9 Å². The lowest BCUT2D eigenvalue weighted by molar-refractivity contribution is 0.0600. The minimum atomic E-state index is -0.498. The van der Waals surface area contributed by atoms with Crippen molar-refractivity contribution in [2.24, 2.45) is 0 Å². The molecule has 3 aromatic rings. The normalized spacial score (nSPS) is 10.3. The molecule has 0 aliphatic rings. The van der Waals surface area contributed by atoms with Gasteiger partial charge >= 0.3 is 11.9 Å². The van der Waals surface area contributed by atoms with Gasteiger partial charge in [-0.15, -0.1) is 11.3 Å². The van der Waals surface area contributed by atoms with Crippen LogP contribution < -0.4 is 9.47 Å². The maximum Gasteiger partial charge on any atom is 0.343 e. The van der Waals surface area contributed by atoms with Crippen molar-refractivity contribution < 1.29 is 23.8 Å². The third kappa shape index (κ3) is 4.92. The summed E-state index contributed by atoms with van der Waals surface area (Å²) in [4.78, 5) is 28.0. The highest BCUT2D eigenvalue weighted by atomic mass is 32.1. The lowest BCUT2D eigenvalue weighted by Crippen LogP contribution is -2.09. The van der Waals surface area contributed by atoms with Crippen molar-refractivity contribution in [3.8, 4) is 11.5 Å². The van der Waals surface area contributed by atoms with Gasteiger partial charge in [-0.2, -0.15) is 0 Å². The first-order valence-corrected chi connectivity index (χ1v) is 8.97. The van der Waals surface area contributed by atoms with E-state index >= 15 is 0 Å². The van der Waals surface area contributed by atoms with Crippen molar-refractivity contribution >= 4 is 23.3 Å². The van der Waals surface area contributed by atoms with Crippen molar-refractivity contribution in [3.63, 3.8) is 0 Å². The van der Waals surface area contributed by atoms with Crippen molar-refractivity contribution in [2.45, 2.75) is 13.5 Å². The second-order valence-electron chi connectivity index (χ2n) is 5.58. The maximum absolute atomic E-state index is 12.2. The Morgan fingerprint density at radius 3 is 2.07 bits per heavy atom. The molecule has 2 aromatic carbocycles. The molecule has 27 heavy (non-hydrogen) atoms. The summed E-state index contributed by atoms with van der Waals surface area (Å²) < 4.78 is 15.6. The first-order valence-electron chi connectivity index (χ1n) is 8.09. The third-order valence-corrected chi connectivity index (χ3v) is 4.45. The number of aryl methyl sites for hydroxylation is 1. The van der Waals surface area contributed by atoms with Crippen LogP contribution in [0.5, 0.6) is 11.5 Å². The standard InChI is InChI=1S/C20H17NO5S/c1-13-21-16(12-27-13)11-25-17-7-3-15(4-8-17)20(23)26-18-9-5-14(6-10-18)19(22)24-2/h3-10,12H,11H2,1-2H3. The number of benzene rings is 2. The van der Waals surface area contributed by atoms with Gasteiger partial charge in [-0.1, -0.05) is 0 Å². The zero-order valence-corrected chi connectivity index (χ0v) is 15.6. The Balaban J connectivity index is 1.57. The summed E-state index contributed by atoms with van der Waals surface area (Å²) in [7, 11) is 1.31. The molecule has 6 nitrogen and oxygen atoms in total. The first kappa shape index (κ1) is 18.6. The molecule has 0 fully saturated rings. The number of methoxy groups -OCH3 is 1. The molecule has 0 atom stereocenters. The van der Waals surface area contributed by atoms with Crippen molar-refractivity contribution in [2.75, 3.05) is 7.11 Å². The molecule has 1 aromatic heterocycles. The van der Waals surface area contributed by atoms with E-state index in [1.54, 1.807) is 35.6 Å². The van der Waals surface area contributed by atoms with Crippen LogP contribution in [-0.2, 0) is 11.3 Å². The Morgan fingerprint density at radius 1 is 0.926 bits per heavy atom. The van der Waals surface area contributed by atoms with E-state index in [1.807, 2.05) is 12.3 Å². The van der Waals surface area contributed by atoms with Crippen molar-refractivity contribution in [1.82, 2.24) is 4.98 Å². The smallest absolute Gasteiger partial charge is 0.343 e. The Hall–Kier alpha value is -3.19. The van der Waals surface area contributed by atoms with Crippen LogP contribution in [0.4, 0.5) is 0 Å². The Morgan fingerprint density at radius 2 is 1.52 bits per heavy atom. The highest BCUT2D eigenvalue weighted by Gasteiger charge is 2.10. The lowest BCUT2D eigenvalue weighted by atomic mass is 10.2. The average molecular weight is 383 g/mol. The number of aromatic nitrogens is 1. The summed E-state index contributed by atoms with van der Waals surface area (Å²) in [6.07, 6.45) is 0. The van der Waals surface area contributed by atoms with E-state index in [2.05, 4.69) is 9.72 Å². The Labute approximate surface area is 160 Å². The molecule has 0 radical (unpaired) electrons. The molecule has 3 rings (SSSR count). The van der Waals surface area contributed by atoms with Gasteiger partial charge in [-0.05, 0) is 55.5 Å². The van der Waals surface area contributed by atoms with E-state index in [9.17, 15) is 9.59 Å². The van der Waals surface area contributed by atoms with Gasteiger partial charge in [0.15, 0.2) is 0 Å². The van der Waals surface area contributed by atoms with Crippen LogP contribution in [-0.4, -0.2) is 24.0 Å². The highest BCUT2D eigenvalue weighted by Crippen LogP contribution is 2.18. The highest BCUT2D eigenvalue weighted by molar-refractivity contribution is 7.09. The SMILES string of the molecule is COC(=O)c1ccc(OC(=O)c2ccc(OCc3csc(C)n3)cc2)cc1. The summed E-state index contributed by atoms with van der Waals surface area (Å²) in [5.41, 5.74) is 1.65. The molecule has 0 aliphatic carbocycles. The summed E-state index contributed by atoms with van der Waals surface area (Å²) in [6, 6.07) is 12.8. The van der Waals surface area contributed by atoms with E-state index in [0.29, 0.717) is 29.2 Å². The largest absolute Gasteiger partial charge is 0.487 e. The van der Waals surface area contributed by atoms with E-state index < -0.39 is 11.9 Å². The predicted octanol–water partition coefficient (Wildman–Crippen LogP) is 4.04. The molecule has 0 bridgehead atoms. The number of ether oxygens (including phenoxy) is 3. The number of carbonyl (C=O) groups is 2. The van der Waals surface area contributed by atoms with Gasteiger partial charge in [-0.25, -0.2) is 14.6 Å². The fourth-order valence-corrected chi connectivity index (χ4v) is 2.86. The lowest BCUT2D eigenvalue weighted by Gasteiger charge is -2.07. The van der Waals surface area contributed by atoms with Gasteiger partial charge in [0, 0.05) is 5.38 Å². The number of carbonyl (C=O) groups excluding carboxylic acids is 2. The summed E-state index contributed by atoms with van der Waals surface area (Å²) in [5, 5.41) is 2.94. The van der Waals surface area contributed by atoms with Gasteiger partial charge in [0.2, 0.25) is 0 Å². The monoisotopic (exact) mass is 383 g/mol. The molecule has 138 valence electrons. The number of nitrogens with zero attached hydrogens (tertiary/aromatic N) is 1. The van der Waals surface area contributed by atoms with Crippen molar-refractivity contribution in [1.29, 1.82) is 0 Å². The fraction of sp³-hybridized carbons (Fsp3) is 0.150. The average Bonchev–Trinajstić information content (AvgIpc) is 3.12. The number of rotatable bonds is 6. The van der Waals surface area contributed by atoms with Crippen LogP contribution in [0.3, 0.4) is 0 Å². The van der Waals surface area contributed by atoms with E-state index in [0.717, 1.165) is 10.7 Å². The molecule has 7 heteroatoms. The van der Waals surface area contributed by atoms with Crippen LogP contribution in [0.15, 0.2) is 53.9 Å². The minimum Gasteiger partial charge on any atom is -0.487 e. The predicted molar refractivity (Wildman–Crippen MR) is 100 cm³/mol. The number of hydrogen-bond donors (Lipinski definition) is 0. The molecule has 1 heterocycles. The van der Waals surface area contributed by atoms with E-state index in [-0.39, 0.29) is 0 Å². The molecule has 0 saturated carbocycles. The van der Waals surface area contributed by atoms with Gasteiger partial charge in [-0.3, -0.25) is 0 Å². The molecule has 0 unspecified atom stereocenters. The summed E-state index contributed by atoms with van der Waals surface area (Å²) in [5.74, 6) is 0.0327. The molecule has 0 aliphatic heterocycles. The first-order chi connectivity index (χ1) is 13.0. The number of hydrogen-bond acceptors (Lipinski definition) is 7. The summed E-state index contributed by atoms with van der Waals surface area (Å²) >= 11 is 1.57. The molecule has 0 amide bonds. The fourth-order valence-electron chi connectivity index (χ4n) is 2.26. The quantitative estimate of drug-likeness (QED) is 0.472. The number of esters is 2. The van der Waals surface area contributed by atoms with Crippen LogP contribution in [0.1, 0.15) is 31.4 Å². The molecule has 0 N–H and O–H groups in total. The summed E-state index contributed by atoms with van der Waals surface area (Å²) in [6.45, 7) is 2.32. The van der Waals surface area contributed by atoms with Crippen LogP contribution in [0, 0.1) is 6.92 Å². The van der Waals surface area contributed by atoms with Crippen LogP contribution in [0.2, 0.25) is 0 Å². The van der Waals surface area contributed by atoms with Gasteiger partial charge in [0.1, 0.15) is 18.1 Å². The second kappa shape index (κ2) is 8.46. The topological polar surface area (TPSA) is 74.7 Å². The van der Waals surface area contributed by atoms with Crippen LogP contribution in [0.25, 0.3) is 0 Å². The minimum absolute atomic E-state index is 0.340. The molecule has 0 saturated heterocycles. The maximum atomic E-state index is 12.2. The molecular weight excluding hydrogens is 366 g/mol. The molecule has 0 spiro atoms. The third-order valence-electron chi connectivity index (χ3n) is 3.63. The second-order valence-corrected chi connectivity index (χ2v) is 6.64. The zero-order valence-electron chi connectivity index (χ0n) is 14.8. The number of thiazole rings is 1. The van der Waals surface area contributed by atoms with Crippen molar-refractivity contribution in [3.05, 3.63) is 75.7 Å². The van der Waals surface area contributed by atoms with E-state index in [1.165, 1.54) is 31.4 Å². The Kier molecular flexibility index (Phi) is 5.83. The van der Waals surface area contributed by atoms with Gasteiger partial charge in [0.25, 0.3) is 0 Å². The Bertz CT molecular complexity index is 932. The zero-order chi connectivity index (χ0) is 19.2. The van der Waals surface area contributed by atoms with Gasteiger partial charge < -0.3 is 14.2 Å².